The fraction of sp³-hybridized carbons (Fsp3) is 0.333. The number of carbonyl (C=O) groups excluding carboxylic acids is 1. The standard InChI is InChI=1S/C15H18ClN3O/c1-11-13(10-18-19-11)6-4-8-17-15(20)9-12-5-2-3-7-14(12)16/h2-3,5,7,10H,4,6,8-9H2,1H3,(H,17,20)(H,18,19). The van der Waals surface area contributed by atoms with Crippen LogP contribution in [-0.2, 0) is 17.6 Å². The molecule has 0 aliphatic heterocycles. The number of aromatic amines is 1. The molecule has 106 valence electrons. The predicted molar refractivity (Wildman–Crippen MR) is 79.8 cm³/mol. The summed E-state index contributed by atoms with van der Waals surface area (Å²) in [6.07, 6.45) is 3.97. The van der Waals surface area contributed by atoms with E-state index in [1.165, 1.54) is 5.56 Å². The van der Waals surface area contributed by atoms with Gasteiger partial charge in [0.25, 0.3) is 0 Å². The van der Waals surface area contributed by atoms with Gasteiger partial charge < -0.3 is 5.32 Å². The van der Waals surface area contributed by atoms with Crippen molar-refractivity contribution in [2.24, 2.45) is 0 Å². The number of nitrogens with one attached hydrogen (secondary N) is 2. The molecule has 20 heavy (non-hydrogen) atoms. The first-order valence-electron chi connectivity index (χ1n) is 6.66. The van der Waals surface area contributed by atoms with Crippen LogP contribution in [-0.4, -0.2) is 22.6 Å². The first kappa shape index (κ1) is 14.6. The lowest BCUT2D eigenvalue weighted by Crippen LogP contribution is -2.26. The lowest BCUT2D eigenvalue weighted by molar-refractivity contribution is -0.120. The van der Waals surface area contributed by atoms with Gasteiger partial charge in [-0.05, 0) is 37.0 Å². The molecule has 0 spiro atoms. The van der Waals surface area contributed by atoms with E-state index in [9.17, 15) is 4.79 Å². The van der Waals surface area contributed by atoms with Crippen molar-refractivity contribution in [3.8, 4) is 0 Å². The Morgan fingerprint density at radius 1 is 1.35 bits per heavy atom. The minimum atomic E-state index is 0.00187. The summed E-state index contributed by atoms with van der Waals surface area (Å²) in [5.74, 6) is 0.00187. The van der Waals surface area contributed by atoms with Crippen LogP contribution in [0.25, 0.3) is 0 Å². The number of H-pyrrole nitrogens is 1. The third-order valence-electron chi connectivity index (χ3n) is 3.19. The lowest BCUT2D eigenvalue weighted by Gasteiger charge is -2.06. The van der Waals surface area contributed by atoms with E-state index in [1.54, 1.807) is 6.07 Å². The number of benzene rings is 1. The zero-order valence-electron chi connectivity index (χ0n) is 11.4. The summed E-state index contributed by atoms with van der Waals surface area (Å²) in [6, 6.07) is 7.41. The molecular weight excluding hydrogens is 274 g/mol. The van der Waals surface area contributed by atoms with Crippen molar-refractivity contribution in [2.45, 2.75) is 26.2 Å². The van der Waals surface area contributed by atoms with Crippen LogP contribution in [0.15, 0.2) is 30.5 Å². The molecule has 1 amide bonds. The highest BCUT2D eigenvalue weighted by Crippen LogP contribution is 2.15. The number of amides is 1. The molecule has 0 saturated carbocycles. The Labute approximate surface area is 123 Å². The summed E-state index contributed by atoms with van der Waals surface area (Å²) in [5, 5.41) is 10.4. The van der Waals surface area contributed by atoms with Crippen LogP contribution in [0.2, 0.25) is 5.02 Å². The van der Waals surface area contributed by atoms with Crippen LogP contribution in [0.4, 0.5) is 0 Å². The number of halogens is 1. The van der Waals surface area contributed by atoms with Gasteiger partial charge in [0, 0.05) is 17.3 Å². The molecule has 1 aromatic heterocycles. The number of hydrogen-bond donors (Lipinski definition) is 2. The van der Waals surface area contributed by atoms with Gasteiger partial charge in [-0.25, -0.2) is 0 Å². The Bertz CT molecular complexity index is 580. The molecule has 0 aliphatic rings. The SMILES string of the molecule is Cc1[nH]ncc1CCCNC(=O)Cc1ccccc1Cl. The van der Waals surface area contributed by atoms with Crippen LogP contribution in [0.3, 0.4) is 0 Å². The van der Waals surface area contributed by atoms with E-state index < -0.39 is 0 Å². The molecule has 2 aromatic rings. The number of rotatable bonds is 6. The molecule has 5 heteroatoms. The highest BCUT2D eigenvalue weighted by atomic mass is 35.5. The fourth-order valence-electron chi connectivity index (χ4n) is 2.01. The molecule has 0 fully saturated rings. The monoisotopic (exact) mass is 291 g/mol. The molecule has 2 rings (SSSR count). The summed E-state index contributed by atoms with van der Waals surface area (Å²) in [6.45, 7) is 2.66. The summed E-state index contributed by atoms with van der Waals surface area (Å²) in [5.41, 5.74) is 3.15. The van der Waals surface area contributed by atoms with Gasteiger partial charge in [-0.15, -0.1) is 0 Å². The van der Waals surface area contributed by atoms with E-state index in [4.69, 9.17) is 11.6 Å². The molecule has 2 N–H and O–H groups in total. The average molecular weight is 292 g/mol. The first-order valence-corrected chi connectivity index (χ1v) is 7.03. The van der Waals surface area contributed by atoms with Gasteiger partial charge in [0.2, 0.25) is 5.91 Å². The van der Waals surface area contributed by atoms with Crippen molar-refractivity contribution in [1.29, 1.82) is 0 Å². The van der Waals surface area contributed by atoms with Crippen LogP contribution in [0, 0.1) is 6.92 Å². The van der Waals surface area contributed by atoms with E-state index in [0.29, 0.717) is 18.0 Å². The summed E-state index contributed by atoms with van der Waals surface area (Å²) in [4.78, 5) is 11.8. The number of aryl methyl sites for hydroxylation is 2. The average Bonchev–Trinajstić information content (AvgIpc) is 2.83. The molecule has 4 nitrogen and oxygen atoms in total. The highest BCUT2D eigenvalue weighted by molar-refractivity contribution is 6.31. The zero-order valence-corrected chi connectivity index (χ0v) is 12.2. The molecule has 0 aliphatic carbocycles. The molecule has 0 radical (unpaired) electrons. The largest absolute Gasteiger partial charge is 0.356 e. The molecule has 1 heterocycles. The third-order valence-corrected chi connectivity index (χ3v) is 3.56. The third kappa shape index (κ3) is 4.10. The maximum atomic E-state index is 11.8. The zero-order chi connectivity index (χ0) is 14.4. The Morgan fingerprint density at radius 2 is 2.15 bits per heavy atom. The van der Waals surface area contributed by atoms with E-state index >= 15 is 0 Å². The lowest BCUT2D eigenvalue weighted by atomic mass is 10.1. The van der Waals surface area contributed by atoms with E-state index in [2.05, 4.69) is 15.5 Å². The summed E-state index contributed by atoms with van der Waals surface area (Å²) in [7, 11) is 0. The van der Waals surface area contributed by atoms with Crippen molar-refractivity contribution >= 4 is 17.5 Å². The minimum Gasteiger partial charge on any atom is -0.356 e. The van der Waals surface area contributed by atoms with Crippen LogP contribution < -0.4 is 5.32 Å². The Kier molecular flexibility index (Phi) is 5.18. The molecule has 0 unspecified atom stereocenters. The second-order valence-electron chi connectivity index (χ2n) is 4.74. The Balaban J connectivity index is 1.71. The summed E-state index contributed by atoms with van der Waals surface area (Å²) >= 11 is 6.02. The predicted octanol–water partition coefficient (Wildman–Crippen LogP) is 2.66. The Hall–Kier alpha value is -1.81. The maximum Gasteiger partial charge on any atom is 0.224 e. The van der Waals surface area contributed by atoms with Crippen molar-refractivity contribution in [3.05, 3.63) is 52.3 Å². The highest BCUT2D eigenvalue weighted by Gasteiger charge is 2.06. The number of aromatic nitrogens is 2. The molecule has 0 bridgehead atoms. The van der Waals surface area contributed by atoms with Crippen LogP contribution in [0.1, 0.15) is 23.2 Å². The molecule has 0 atom stereocenters. The topological polar surface area (TPSA) is 57.8 Å². The minimum absolute atomic E-state index is 0.00187. The van der Waals surface area contributed by atoms with Gasteiger partial charge >= 0.3 is 0 Å². The maximum absolute atomic E-state index is 11.8. The summed E-state index contributed by atoms with van der Waals surface area (Å²) < 4.78 is 0. The van der Waals surface area contributed by atoms with Gasteiger partial charge in [-0.1, -0.05) is 29.8 Å². The second-order valence-corrected chi connectivity index (χ2v) is 5.15. The van der Waals surface area contributed by atoms with E-state index in [1.807, 2.05) is 31.3 Å². The van der Waals surface area contributed by atoms with Crippen molar-refractivity contribution in [3.63, 3.8) is 0 Å². The van der Waals surface area contributed by atoms with Crippen LogP contribution >= 0.6 is 11.6 Å². The van der Waals surface area contributed by atoms with Crippen LogP contribution in [0.5, 0.6) is 0 Å². The first-order chi connectivity index (χ1) is 9.66. The van der Waals surface area contributed by atoms with Crippen molar-refractivity contribution in [1.82, 2.24) is 15.5 Å². The molecular formula is C15H18ClN3O. The smallest absolute Gasteiger partial charge is 0.224 e. The van der Waals surface area contributed by atoms with Gasteiger partial charge in [-0.3, -0.25) is 9.89 Å². The van der Waals surface area contributed by atoms with Gasteiger partial charge in [0.1, 0.15) is 0 Å². The quantitative estimate of drug-likeness (QED) is 0.804. The molecule has 1 aromatic carbocycles. The van der Waals surface area contributed by atoms with Gasteiger partial charge in [0.15, 0.2) is 0 Å². The van der Waals surface area contributed by atoms with E-state index in [-0.39, 0.29) is 5.91 Å². The van der Waals surface area contributed by atoms with Crippen molar-refractivity contribution in [2.75, 3.05) is 6.54 Å². The van der Waals surface area contributed by atoms with Gasteiger partial charge in [0.05, 0.1) is 12.6 Å². The van der Waals surface area contributed by atoms with E-state index in [0.717, 1.165) is 24.1 Å². The number of carbonyl (C=O) groups is 1. The number of hydrogen-bond acceptors (Lipinski definition) is 2. The Morgan fingerprint density at radius 3 is 2.85 bits per heavy atom. The fourth-order valence-corrected chi connectivity index (χ4v) is 2.21. The second kappa shape index (κ2) is 7.10. The normalized spacial score (nSPS) is 10.5. The molecule has 0 saturated heterocycles. The van der Waals surface area contributed by atoms with Crippen molar-refractivity contribution < 1.29 is 4.79 Å². The van der Waals surface area contributed by atoms with Gasteiger partial charge in [-0.2, -0.15) is 5.10 Å². The number of nitrogens with zero attached hydrogens (tertiary/aromatic N) is 1.